The van der Waals surface area contributed by atoms with Gasteiger partial charge in [0.25, 0.3) is 0 Å². The molecule has 3 aliphatic heterocycles. The molecule has 0 bridgehead atoms. The summed E-state index contributed by atoms with van der Waals surface area (Å²) in [6.07, 6.45) is 11.3. The zero-order valence-corrected chi connectivity index (χ0v) is 9.97. The first-order chi connectivity index (χ1) is 8.40. The molecule has 0 aromatic rings. The van der Waals surface area contributed by atoms with Gasteiger partial charge in [0.2, 0.25) is 0 Å². The summed E-state index contributed by atoms with van der Waals surface area (Å²) in [7, 11) is 0. The molecule has 0 amide bonds. The summed E-state index contributed by atoms with van der Waals surface area (Å²) in [5.74, 6) is 0.835. The van der Waals surface area contributed by atoms with Crippen LogP contribution in [0.3, 0.4) is 0 Å². The molecule has 0 spiro atoms. The van der Waals surface area contributed by atoms with Gasteiger partial charge in [-0.15, -0.1) is 15.8 Å². The lowest BCUT2D eigenvalue weighted by Gasteiger charge is -2.52. The van der Waals surface area contributed by atoms with Crippen LogP contribution < -0.4 is 16.4 Å². The second kappa shape index (κ2) is 3.93. The molecular weight excluding hydrogens is 216 g/mol. The molecule has 3 heterocycles. The fourth-order valence-corrected chi connectivity index (χ4v) is 3.43. The third-order valence-corrected chi connectivity index (χ3v) is 4.34. The van der Waals surface area contributed by atoms with Crippen LogP contribution in [0.1, 0.15) is 32.1 Å². The summed E-state index contributed by atoms with van der Waals surface area (Å²) >= 11 is 0. The van der Waals surface area contributed by atoms with Crippen molar-refractivity contribution in [2.75, 3.05) is 6.54 Å². The van der Waals surface area contributed by atoms with Crippen LogP contribution in [-0.2, 0) is 0 Å². The van der Waals surface area contributed by atoms with E-state index in [2.05, 4.69) is 38.9 Å². The largest absolute Gasteiger partial charge is 0.235 e. The fourth-order valence-electron chi connectivity index (χ4n) is 3.43. The van der Waals surface area contributed by atoms with E-state index >= 15 is 0 Å². The molecule has 4 aliphatic rings. The summed E-state index contributed by atoms with van der Waals surface area (Å²) in [5, 5.41) is 6.25. The Morgan fingerprint density at radius 1 is 1.12 bits per heavy atom. The summed E-state index contributed by atoms with van der Waals surface area (Å²) in [6, 6.07) is 0.660. The van der Waals surface area contributed by atoms with Crippen molar-refractivity contribution in [3.05, 3.63) is 12.3 Å². The number of hydrogen-bond donors (Lipinski definition) is 3. The lowest BCUT2D eigenvalue weighted by atomic mass is 9.81. The zero-order chi connectivity index (χ0) is 11.2. The van der Waals surface area contributed by atoms with Crippen LogP contribution in [0.4, 0.5) is 0 Å². The number of nitrogens with zero attached hydrogens (tertiary/aromatic N) is 3. The second-order valence-corrected chi connectivity index (χ2v) is 5.44. The Kier molecular flexibility index (Phi) is 2.38. The molecule has 2 saturated heterocycles. The molecule has 1 aliphatic carbocycles. The lowest BCUT2D eigenvalue weighted by Crippen LogP contribution is -2.77. The van der Waals surface area contributed by atoms with E-state index in [1.165, 1.54) is 32.1 Å². The molecule has 17 heavy (non-hydrogen) atoms. The Balaban J connectivity index is 1.50. The minimum Gasteiger partial charge on any atom is -0.235 e. The normalized spacial score (nSPS) is 42.1. The summed E-state index contributed by atoms with van der Waals surface area (Å²) in [4.78, 5) is 0. The standard InChI is InChI=1S/C11H20N6/c1-2-5-10-9(4-1)8-11-13-15-6-3-7-16(15)14-17(11)12-10/h3,7,9-14H,1-2,4-6,8H2. The first kappa shape index (κ1) is 10.3. The number of hydrogen-bond acceptors (Lipinski definition) is 6. The Labute approximate surface area is 101 Å². The predicted molar refractivity (Wildman–Crippen MR) is 63.1 cm³/mol. The molecule has 4 rings (SSSR count). The van der Waals surface area contributed by atoms with Gasteiger partial charge in [0.15, 0.2) is 0 Å². The maximum atomic E-state index is 3.63. The van der Waals surface area contributed by atoms with Crippen molar-refractivity contribution in [3.8, 4) is 0 Å². The summed E-state index contributed by atoms with van der Waals surface area (Å²) < 4.78 is 0. The van der Waals surface area contributed by atoms with Gasteiger partial charge in [0.05, 0.1) is 6.54 Å². The van der Waals surface area contributed by atoms with Crippen molar-refractivity contribution in [3.63, 3.8) is 0 Å². The van der Waals surface area contributed by atoms with Gasteiger partial charge in [0, 0.05) is 12.2 Å². The highest BCUT2D eigenvalue weighted by Crippen LogP contribution is 2.32. The van der Waals surface area contributed by atoms with Crippen LogP contribution in [-0.4, -0.2) is 34.1 Å². The molecule has 0 aromatic heterocycles. The zero-order valence-electron chi connectivity index (χ0n) is 9.97. The van der Waals surface area contributed by atoms with Gasteiger partial charge >= 0.3 is 0 Å². The Bertz CT molecular complexity index is 332. The minimum atomic E-state index is 0.366. The van der Waals surface area contributed by atoms with Crippen molar-refractivity contribution in [2.45, 2.75) is 44.3 Å². The fraction of sp³-hybridized carbons (Fsp3) is 0.818. The van der Waals surface area contributed by atoms with Crippen LogP contribution in [0.5, 0.6) is 0 Å². The van der Waals surface area contributed by atoms with E-state index < -0.39 is 0 Å². The van der Waals surface area contributed by atoms with Crippen molar-refractivity contribution in [1.82, 2.24) is 31.7 Å². The first-order valence-corrected chi connectivity index (χ1v) is 6.71. The SMILES string of the molecule is C1=CN2NN3NC4CCCCC4CC3NN2C1. The van der Waals surface area contributed by atoms with E-state index in [9.17, 15) is 0 Å². The van der Waals surface area contributed by atoms with Crippen molar-refractivity contribution >= 4 is 0 Å². The molecule has 1 saturated carbocycles. The van der Waals surface area contributed by atoms with Gasteiger partial charge in [-0.1, -0.05) is 12.8 Å². The minimum absolute atomic E-state index is 0.366. The lowest BCUT2D eigenvalue weighted by molar-refractivity contribution is -0.238. The highest BCUT2D eigenvalue weighted by molar-refractivity contribution is 4.93. The number of rotatable bonds is 0. The molecule has 3 atom stereocenters. The van der Waals surface area contributed by atoms with Crippen LogP contribution >= 0.6 is 0 Å². The monoisotopic (exact) mass is 236 g/mol. The van der Waals surface area contributed by atoms with E-state index in [-0.39, 0.29) is 0 Å². The van der Waals surface area contributed by atoms with Crippen molar-refractivity contribution in [1.29, 1.82) is 0 Å². The molecule has 3 fully saturated rings. The average molecular weight is 236 g/mol. The third-order valence-electron chi connectivity index (χ3n) is 4.34. The summed E-state index contributed by atoms with van der Waals surface area (Å²) in [5.41, 5.74) is 10.6. The average Bonchev–Trinajstić information content (AvgIpc) is 2.80. The van der Waals surface area contributed by atoms with Crippen LogP contribution in [0.2, 0.25) is 0 Å². The van der Waals surface area contributed by atoms with Crippen LogP contribution in [0.15, 0.2) is 12.3 Å². The van der Waals surface area contributed by atoms with Crippen molar-refractivity contribution < 1.29 is 0 Å². The molecule has 0 aromatic carbocycles. The van der Waals surface area contributed by atoms with E-state index in [1.807, 2.05) is 5.12 Å². The van der Waals surface area contributed by atoms with Crippen LogP contribution in [0.25, 0.3) is 0 Å². The maximum absolute atomic E-state index is 3.63. The molecule has 6 heteroatoms. The van der Waals surface area contributed by atoms with Crippen LogP contribution in [0, 0.1) is 5.92 Å². The smallest absolute Gasteiger partial charge is 0.106 e. The molecule has 94 valence electrons. The number of nitrogens with one attached hydrogen (secondary N) is 3. The van der Waals surface area contributed by atoms with Gasteiger partial charge < -0.3 is 0 Å². The van der Waals surface area contributed by atoms with Gasteiger partial charge in [-0.2, -0.15) is 0 Å². The maximum Gasteiger partial charge on any atom is 0.106 e. The molecule has 3 N–H and O–H groups in total. The van der Waals surface area contributed by atoms with E-state index in [0.29, 0.717) is 12.2 Å². The molecule has 6 nitrogen and oxygen atoms in total. The Morgan fingerprint density at radius 3 is 3.06 bits per heavy atom. The first-order valence-electron chi connectivity index (χ1n) is 6.71. The van der Waals surface area contributed by atoms with E-state index in [0.717, 1.165) is 12.5 Å². The topological polar surface area (TPSA) is 45.8 Å². The quantitative estimate of drug-likeness (QED) is 0.553. The van der Waals surface area contributed by atoms with Gasteiger partial charge in [0.1, 0.15) is 6.17 Å². The predicted octanol–water partition coefficient (Wildman–Crippen LogP) is 0.0657. The van der Waals surface area contributed by atoms with E-state index in [4.69, 9.17) is 0 Å². The van der Waals surface area contributed by atoms with Gasteiger partial charge in [-0.25, -0.2) is 16.0 Å². The molecule has 0 radical (unpaired) electrons. The van der Waals surface area contributed by atoms with Gasteiger partial charge in [-0.3, -0.25) is 0 Å². The third kappa shape index (κ3) is 1.68. The van der Waals surface area contributed by atoms with Gasteiger partial charge in [-0.05, 0) is 31.3 Å². The molecule has 3 unspecified atom stereocenters. The highest BCUT2D eigenvalue weighted by atomic mass is 16.1. The van der Waals surface area contributed by atoms with Crippen molar-refractivity contribution in [2.24, 2.45) is 5.92 Å². The number of fused-ring (bicyclic) bond motifs is 3. The second-order valence-electron chi connectivity index (χ2n) is 5.44. The highest BCUT2D eigenvalue weighted by Gasteiger charge is 2.41. The molecular formula is C11H20N6. The summed E-state index contributed by atoms with van der Waals surface area (Å²) in [6.45, 7) is 0.936. The number of hydrazine groups is 5. The Hall–Kier alpha value is -0.660. The Morgan fingerprint density at radius 2 is 2.06 bits per heavy atom. The van der Waals surface area contributed by atoms with E-state index in [1.54, 1.807) is 0 Å².